The molecule has 1 saturated heterocycles. The third-order valence-corrected chi connectivity index (χ3v) is 5.16. The monoisotopic (exact) mass is 412 g/mol. The van der Waals surface area contributed by atoms with Gasteiger partial charge in [0, 0.05) is 13.1 Å². The summed E-state index contributed by atoms with van der Waals surface area (Å²) in [6, 6.07) is 0. The molecule has 0 unspecified atom stereocenters. The molecular weight excluding hydrogens is 364 g/mol. The van der Waals surface area contributed by atoms with Gasteiger partial charge in [-0.3, -0.25) is 9.59 Å². The number of unbranched alkanes of at least 4 members (excludes halogenated alkanes) is 11. The van der Waals surface area contributed by atoms with Crippen LogP contribution in [0.5, 0.6) is 0 Å². The number of carbonyl (C=O) groups excluding carboxylic acids is 2. The summed E-state index contributed by atoms with van der Waals surface area (Å²) in [6.45, 7) is 10.9. The molecule has 29 heavy (non-hydrogen) atoms. The van der Waals surface area contributed by atoms with Gasteiger partial charge in [0.1, 0.15) is 5.60 Å². The summed E-state index contributed by atoms with van der Waals surface area (Å²) in [4.78, 5) is 21.4. The van der Waals surface area contributed by atoms with Crippen molar-refractivity contribution in [3.63, 3.8) is 0 Å². The van der Waals surface area contributed by atoms with E-state index in [9.17, 15) is 9.59 Å². The van der Waals surface area contributed by atoms with Crippen molar-refractivity contribution in [2.45, 2.75) is 117 Å². The first-order chi connectivity index (χ1) is 13.9. The zero-order chi connectivity index (χ0) is 21.8. The van der Waals surface area contributed by atoms with Gasteiger partial charge in [0.15, 0.2) is 0 Å². The van der Waals surface area contributed by atoms with E-state index in [0.29, 0.717) is 6.47 Å². The van der Waals surface area contributed by atoms with Crippen molar-refractivity contribution in [3.05, 3.63) is 0 Å². The average Bonchev–Trinajstić information content (AvgIpc) is 3.20. The zero-order valence-electron chi connectivity index (χ0n) is 19.7. The second-order valence-electron chi connectivity index (χ2n) is 9.20. The molecule has 1 rings (SSSR count). The molecule has 1 fully saturated rings. The Bertz CT molecular complexity index is 388. The van der Waals surface area contributed by atoms with Crippen molar-refractivity contribution in [2.75, 3.05) is 19.6 Å². The van der Waals surface area contributed by atoms with E-state index in [0.717, 1.165) is 32.5 Å². The number of ether oxygens (including phenoxy) is 1. The van der Waals surface area contributed by atoms with Gasteiger partial charge in [-0.1, -0.05) is 77.6 Å². The maximum Gasteiger partial charge on any atom is 0.293 e. The normalized spacial score (nSPS) is 16.1. The lowest BCUT2D eigenvalue weighted by molar-refractivity contribution is -0.138. The lowest BCUT2D eigenvalue weighted by atomic mass is 10.1. The number of nitrogens with one attached hydrogen (secondary N) is 2. The molecule has 0 aromatic carbocycles. The third kappa shape index (κ3) is 20.0. The van der Waals surface area contributed by atoms with Crippen LogP contribution in [0, 0.1) is 5.92 Å². The summed E-state index contributed by atoms with van der Waals surface area (Å²) >= 11 is 0. The van der Waals surface area contributed by atoms with Gasteiger partial charge in [-0.05, 0) is 40.2 Å². The molecule has 1 heterocycles. The Labute approximate surface area is 180 Å². The first-order valence-corrected chi connectivity index (χ1v) is 12.0. The largest absolute Gasteiger partial charge is 0.462 e. The molecule has 1 atom stereocenters. The van der Waals surface area contributed by atoms with Gasteiger partial charge in [-0.2, -0.15) is 0 Å². The first kappa shape index (κ1) is 27.9. The Balaban J connectivity index is 0.000000956. The number of hydrogen-bond acceptors (Lipinski definition) is 4. The topological polar surface area (TPSA) is 67.4 Å². The molecule has 0 aliphatic carbocycles. The summed E-state index contributed by atoms with van der Waals surface area (Å²) in [7, 11) is 0. The smallest absolute Gasteiger partial charge is 0.293 e. The van der Waals surface area contributed by atoms with Crippen molar-refractivity contribution in [2.24, 2.45) is 5.92 Å². The number of rotatable bonds is 15. The fourth-order valence-corrected chi connectivity index (χ4v) is 3.34. The van der Waals surface area contributed by atoms with Gasteiger partial charge in [0.05, 0.1) is 5.92 Å². The van der Waals surface area contributed by atoms with E-state index in [1.54, 1.807) is 0 Å². The van der Waals surface area contributed by atoms with Gasteiger partial charge in [0.2, 0.25) is 5.91 Å². The Morgan fingerprint density at radius 2 is 1.48 bits per heavy atom. The van der Waals surface area contributed by atoms with Crippen LogP contribution in [0.25, 0.3) is 0 Å². The molecule has 5 nitrogen and oxygen atoms in total. The molecule has 0 radical (unpaired) electrons. The minimum Gasteiger partial charge on any atom is -0.462 e. The van der Waals surface area contributed by atoms with Crippen LogP contribution in [-0.4, -0.2) is 37.6 Å². The van der Waals surface area contributed by atoms with Gasteiger partial charge in [0.25, 0.3) is 6.47 Å². The Hall–Kier alpha value is -1.10. The quantitative estimate of drug-likeness (QED) is 0.280. The van der Waals surface area contributed by atoms with E-state index in [4.69, 9.17) is 0 Å². The van der Waals surface area contributed by atoms with Gasteiger partial charge < -0.3 is 15.4 Å². The maximum absolute atomic E-state index is 11.8. The van der Waals surface area contributed by atoms with E-state index < -0.39 is 0 Å². The van der Waals surface area contributed by atoms with E-state index in [1.807, 2.05) is 20.8 Å². The molecule has 0 aromatic heterocycles. The highest BCUT2D eigenvalue weighted by Crippen LogP contribution is 2.12. The highest BCUT2D eigenvalue weighted by atomic mass is 16.5. The standard InChI is InChI=1S/C19H38N2O.C5H10O2/c1-2-3-4-5-6-7-8-9-10-11-12-13-15-21-19(22)18-14-16-20-17-18;1-5(2,3)7-4-6/h18,20H,2-17H2,1H3,(H,21,22);4H,1-3H3/t18-;/m0./s1. The number of amides is 1. The van der Waals surface area contributed by atoms with Crippen LogP contribution >= 0.6 is 0 Å². The molecule has 2 N–H and O–H groups in total. The summed E-state index contributed by atoms with van der Waals surface area (Å²) < 4.78 is 4.55. The summed E-state index contributed by atoms with van der Waals surface area (Å²) in [6.07, 6.45) is 17.4. The molecule has 0 spiro atoms. The highest BCUT2D eigenvalue weighted by molar-refractivity contribution is 5.79. The van der Waals surface area contributed by atoms with Crippen molar-refractivity contribution in [3.8, 4) is 0 Å². The molecular formula is C24H48N2O3. The van der Waals surface area contributed by atoms with Crippen LogP contribution in [0.1, 0.15) is 111 Å². The summed E-state index contributed by atoms with van der Waals surface area (Å²) in [5, 5.41) is 6.32. The molecule has 1 amide bonds. The van der Waals surface area contributed by atoms with Gasteiger partial charge >= 0.3 is 0 Å². The fourth-order valence-electron chi connectivity index (χ4n) is 3.34. The van der Waals surface area contributed by atoms with Crippen LogP contribution in [0.2, 0.25) is 0 Å². The summed E-state index contributed by atoms with van der Waals surface area (Å²) in [5.74, 6) is 0.477. The molecule has 1 aliphatic rings. The van der Waals surface area contributed by atoms with Crippen molar-refractivity contribution >= 4 is 12.4 Å². The van der Waals surface area contributed by atoms with Crippen LogP contribution in [0.4, 0.5) is 0 Å². The SMILES string of the molecule is CC(C)(C)OC=O.CCCCCCCCCCCCCCNC(=O)[C@H]1CCNC1. The van der Waals surface area contributed by atoms with Crippen LogP contribution in [-0.2, 0) is 14.3 Å². The molecule has 0 bridgehead atoms. The van der Waals surface area contributed by atoms with Crippen LogP contribution in [0.3, 0.4) is 0 Å². The second kappa shape index (κ2) is 18.9. The lowest BCUT2D eigenvalue weighted by Crippen LogP contribution is -2.32. The Morgan fingerprint density at radius 1 is 0.966 bits per heavy atom. The van der Waals surface area contributed by atoms with Crippen molar-refractivity contribution < 1.29 is 14.3 Å². The second-order valence-corrected chi connectivity index (χ2v) is 9.20. The zero-order valence-corrected chi connectivity index (χ0v) is 19.7. The van der Waals surface area contributed by atoms with E-state index >= 15 is 0 Å². The van der Waals surface area contributed by atoms with E-state index in [-0.39, 0.29) is 17.4 Å². The maximum atomic E-state index is 11.8. The predicted molar refractivity (Wildman–Crippen MR) is 122 cm³/mol. The first-order valence-electron chi connectivity index (χ1n) is 12.0. The highest BCUT2D eigenvalue weighted by Gasteiger charge is 2.21. The number of hydrogen-bond donors (Lipinski definition) is 2. The Kier molecular flexibility index (Phi) is 18.2. The molecule has 0 saturated carbocycles. The van der Waals surface area contributed by atoms with E-state index in [1.165, 1.54) is 70.6 Å². The lowest BCUT2D eigenvalue weighted by Gasteiger charge is -2.14. The Morgan fingerprint density at radius 3 is 1.86 bits per heavy atom. The van der Waals surface area contributed by atoms with Crippen LogP contribution < -0.4 is 10.6 Å². The number of carbonyl (C=O) groups is 2. The van der Waals surface area contributed by atoms with Gasteiger partial charge in [-0.25, -0.2) is 0 Å². The van der Waals surface area contributed by atoms with Crippen molar-refractivity contribution in [1.82, 2.24) is 10.6 Å². The van der Waals surface area contributed by atoms with E-state index in [2.05, 4.69) is 22.3 Å². The summed E-state index contributed by atoms with van der Waals surface area (Å²) in [5.41, 5.74) is -0.318. The molecule has 1 aliphatic heterocycles. The molecule has 0 aromatic rings. The fraction of sp³-hybridized carbons (Fsp3) is 0.917. The van der Waals surface area contributed by atoms with Crippen molar-refractivity contribution in [1.29, 1.82) is 0 Å². The predicted octanol–water partition coefficient (Wildman–Crippen LogP) is 5.37. The molecule has 172 valence electrons. The van der Waals surface area contributed by atoms with Crippen LogP contribution in [0.15, 0.2) is 0 Å². The minimum atomic E-state index is -0.318. The average molecular weight is 413 g/mol. The minimum absolute atomic E-state index is 0.220. The van der Waals surface area contributed by atoms with Gasteiger partial charge in [-0.15, -0.1) is 0 Å². The third-order valence-electron chi connectivity index (χ3n) is 5.16. The molecule has 5 heteroatoms.